The molecule has 3 heteroatoms. The SMILES string of the molecule is CCCNCCc1ccc(CN(C)C2CCSC2)cc1. The molecule has 0 radical (unpaired) electrons. The minimum absolute atomic E-state index is 0.776. The van der Waals surface area contributed by atoms with Crippen LogP contribution in [0.4, 0.5) is 0 Å². The molecule has 0 aromatic heterocycles. The second kappa shape index (κ2) is 8.71. The maximum atomic E-state index is 3.46. The fourth-order valence-electron chi connectivity index (χ4n) is 2.63. The van der Waals surface area contributed by atoms with Crippen LogP contribution >= 0.6 is 11.8 Å². The van der Waals surface area contributed by atoms with Crippen molar-refractivity contribution in [2.24, 2.45) is 0 Å². The zero-order chi connectivity index (χ0) is 14.2. The van der Waals surface area contributed by atoms with Crippen LogP contribution in [0.1, 0.15) is 30.9 Å². The molecule has 2 rings (SSSR count). The molecule has 1 aromatic rings. The monoisotopic (exact) mass is 292 g/mol. The first-order valence-electron chi connectivity index (χ1n) is 7.86. The lowest BCUT2D eigenvalue weighted by molar-refractivity contribution is 0.254. The Hall–Kier alpha value is -0.510. The fraction of sp³-hybridized carbons (Fsp3) is 0.647. The fourth-order valence-corrected chi connectivity index (χ4v) is 3.93. The summed E-state index contributed by atoms with van der Waals surface area (Å²) in [5, 5.41) is 3.46. The Kier molecular flexibility index (Phi) is 6.91. The lowest BCUT2D eigenvalue weighted by Gasteiger charge is -2.23. The summed E-state index contributed by atoms with van der Waals surface area (Å²) in [4.78, 5) is 2.51. The van der Waals surface area contributed by atoms with Crippen LogP contribution in [0.5, 0.6) is 0 Å². The van der Waals surface area contributed by atoms with Gasteiger partial charge < -0.3 is 5.32 Å². The highest BCUT2D eigenvalue weighted by Crippen LogP contribution is 2.22. The second-order valence-corrected chi connectivity index (χ2v) is 6.90. The van der Waals surface area contributed by atoms with E-state index in [2.05, 4.69) is 60.2 Å². The molecule has 1 heterocycles. The highest BCUT2D eigenvalue weighted by molar-refractivity contribution is 7.99. The molecule has 112 valence electrons. The molecule has 1 unspecified atom stereocenters. The van der Waals surface area contributed by atoms with Crippen molar-refractivity contribution in [1.29, 1.82) is 0 Å². The van der Waals surface area contributed by atoms with Crippen molar-refractivity contribution in [3.8, 4) is 0 Å². The molecule has 0 bridgehead atoms. The summed E-state index contributed by atoms with van der Waals surface area (Å²) in [6, 6.07) is 9.96. The van der Waals surface area contributed by atoms with Gasteiger partial charge in [-0.2, -0.15) is 11.8 Å². The molecule has 1 aromatic carbocycles. The summed E-state index contributed by atoms with van der Waals surface area (Å²) < 4.78 is 0. The Labute approximate surface area is 128 Å². The summed E-state index contributed by atoms with van der Waals surface area (Å²) in [5.74, 6) is 2.64. The van der Waals surface area contributed by atoms with Gasteiger partial charge in [-0.1, -0.05) is 31.2 Å². The number of hydrogen-bond acceptors (Lipinski definition) is 3. The van der Waals surface area contributed by atoms with Crippen LogP contribution in [0.2, 0.25) is 0 Å². The molecule has 1 aliphatic rings. The quantitative estimate of drug-likeness (QED) is 0.741. The van der Waals surface area contributed by atoms with Gasteiger partial charge in [0.2, 0.25) is 0 Å². The van der Waals surface area contributed by atoms with Gasteiger partial charge in [0.05, 0.1) is 0 Å². The number of thioether (sulfide) groups is 1. The van der Waals surface area contributed by atoms with Crippen molar-refractivity contribution in [2.75, 3.05) is 31.6 Å². The number of benzene rings is 1. The topological polar surface area (TPSA) is 15.3 Å². The normalized spacial score (nSPS) is 18.9. The summed E-state index contributed by atoms with van der Waals surface area (Å²) in [6.45, 7) is 5.51. The van der Waals surface area contributed by atoms with Gasteiger partial charge in [0.25, 0.3) is 0 Å². The molecule has 1 aliphatic heterocycles. The van der Waals surface area contributed by atoms with Crippen LogP contribution in [0.3, 0.4) is 0 Å². The molecule has 20 heavy (non-hydrogen) atoms. The van der Waals surface area contributed by atoms with Crippen molar-refractivity contribution in [2.45, 2.75) is 38.8 Å². The minimum atomic E-state index is 0.776. The van der Waals surface area contributed by atoms with E-state index in [0.29, 0.717) is 0 Å². The molecule has 1 N–H and O–H groups in total. The van der Waals surface area contributed by atoms with Gasteiger partial charge in [0, 0.05) is 18.3 Å². The third kappa shape index (κ3) is 5.12. The van der Waals surface area contributed by atoms with Crippen molar-refractivity contribution in [3.05, 3.63) is 35.4 Å². The van der Waals surface area contributed by atoms with E-state index in [1.54, 1.807) is 0 Å². The van der Waals surface area contributed by atoms with Crippen LogP contribution < -0.4 is 5.32 Å². The smallest absolute Gasteiger partial charge is 0.0233 e. The molecule has 2 nitrogen and oxygen atoms in total. The van der Waals surface area contributed by atoms with E-state index in [0.717, 1.165) is 32.1 Å². The maximum Gasteiger partial charge on any atom is 0.0233 e. The number of rotatable bonds is 8. The molecule has 0 saturated carbocycles. The maximum absolute atomic E-state index is 3.46. The first kappa shape index (κ1) is 15.9. The van der Waals surface area contributed by atoms with E-state index in [9.17, 15) is 0 Å². The Morgan fingerprint density at radius 3 is 2.60 bits per heavy atom. The minimum Gasteiger partial charge on any atom is -0.316 e. The standard InChI is InChI=1S/C17H28N2S/c1-3-10-18-11-8-15-4-6-16(7-5-15)13-19(2)17-9-12-20-14-17/h4-7,17-18H,3,8-14H2,1-2H3. The third-order valence-corrected chi connectivity index (χ3v) is 5.15. The second-order valence-electron chi connectivity index (χ2n) is 5.75. The zero-order valence-corrected chi connectivity index (χ0v) is 13.7. The lowest BCUT2D eigenvalue weighted by Crippen LogP contribution is -2.30. The molecular weight excluding hydrogens is 264 g/mol. The largest absolute Gasteiger partial charge is 0.316 e. The number of hydrogen-bond donors (Lipinski definition) is 1. The van der Waals surface area contributed by atoms with Gasteiger partial charge in [-0.3, -0.25) is 4.90 Å². The molecule has 1 atom stereocenters. The Morgan fingerprint density at radius 2 is 1.95 bits per heavy atom. The zero-order valence-electron chi connectivity index (χ0n) is 12.9. The highest BCUT2D eigenvalue weighted by atomic mass is 32.2. The lowest BCUT2D eigenvalue weighted by atomic mass is 10.1. The van der Waals surface area contributed by atoms with Gasteiger partial charge in [-0.25, -0.2) is 0 Å². The predicted molar refractivity (Wildman–Crippen MR) is 90.5 cm³/mol. The molecule has 1 saturated heterocycles. The first-order chi connectivity index (χ1) is 9.79. The molecule has 1 fully saturated rings. The summed E-state index contributed by atoms with van der Waals surface area (Å²) >= 11 is 2.09. The van der Waals surface area contributed by atoms with Crippen LogP contribution in [0, 0.1) is 0 Å². The highest BCUT2D eigenvalue weighted by Gasteiger charge is 2.19. The van der Waals surface area contributed by atoms with Crippen LogP contribution in [-0.4, -0.2) is 42.6 Å². The molecule has 0 spiro atoms. The predicted octanol–water partition coefficient (Wildman–Crippen LogP) is 3.17. The van der Waals surface area contributed by atoms with Gasteiger partial charge in [0.15, 0.2) is 0 Å². The Bertz CT molecular complexity index is 371. The number of nitrogens with one attached hydrogen (secondary N) is 1. The van der Waals surface area contributed by atoms with Crippen molar-refractivity contribution in [3.63, 3.8) is 0 Å². The molecule has 0 aliphatic carbocycles. The van der Waals surface area contributed by atoms with Crippen LogP contribution in [-0.2, 0) is 13.0 Å². The summed E-state index contributed by atoms with van der Waals surface area (Å²) in [5.41, 5.74) is 2.88. The van der Waals surface area contributed by atoms with Gasteiger partial charge in [0.1, 0.15) is 0 Å². The van der Waals surface area contributed by atoms with Gasteiger partial charge >= 0.3 is 0 Å². The van der Waals surface area contributed by atoms with Crippen LogP contribution in [0.15, 0.2) is 24.3 Å². The average Bonchev–Trinajstić information content (AvgIpc) is 3.00. The summed E-state index contributed by atoms with van der Waals surface area (Å²) in [6.07, 6.45) is 3.70. The van der Waals surface area contributed by atoms with Gasteiger partial charge in [-0.05, 0) is 56.3 Å². The van der Waals surface area contributed by atoms with Crippen molar-refractivity contribution in [1.82, 2.24) is 10.2 Å². The van der Waals surface area contributed by atoms with E-state index in [-0.39, 0.29) is 0 Å². The molecule has 0 amide bonds. The van der Waals surface area contributed by atoms with E-state index < -0.39 is 0 Å². The van der Waals surface area contributed by atoms with E-state index in [4.69, 9.17) is 0 Å². The number of nitrogens with zero attached hydrogens (tertiary/aromatic N) is 1. The van der Waals surface area contributed by atoms with E-state index in [1.165, 1.54) is 35.5 Å². The first-order valence-corrected chi connectivity index (χ1v) is 9.01. The third-order valence-electron chi connectivity index (χ3n) is 4.00. The Balaban J connectivity index is 1.75. The van der Waals surface area contributed by atoms with Crippen molar-refractivity contribution < 1.29 is 0 Å². The van der Waals surface area contributed by atoms with Crippen LogP contribution in [0.25, 0.3) is 0 Å². The Morgan fingerprint density at radius 1 is 1.20 bits per heavy atom. The van der Waals surface area contributed by atoms with Crippen molar-refractivity contribution >= 4 is 11.8 Å². The molecular formula is C17H28N2S. The average molecular weight is 292 g/mol. The van der Waals surface area contributed by atoms with E-state index >= 15 is 0 Å². The van der Waals surface area contributed by atoms with Gasteiger partial charge in [-0.15, -0.1) is 0 Å². The summed E-state index contributed by atoms with van der Waals surface area (Å²) in [7, 11) is 2.26. The van der Waals surface area contributed by atoms with E-state index in [1.807, 2.05) is 0 Å².